The van der Waals surface area contributed by atoms with Gasteiger partial charge in [-0.15, -0.1) is 11.8 Å². The molecule has 20 N–H and O–H groups in total. The topological polar surface area (TPSA) is 416 Å². The van der Waals surface area contributed by atoms with Crippen molar-refractivity contribution in [3.05, 3.63) is 95.1 Å². The Balaban J connectivity index is 1.53. The van der Waals surface area contributed by atoms with Gasteiger partial charge in [0.1, 0.15) is 35.4 Å². The molecule has 0 aliphatic heterocycles. The molecular weight excluding hydrogens is 1050 g/mol. The number of unbranched alkanes of at least 4 members (excludes halogenated alkanes) is 4. The van der Waals surface area contributed by atoms with Crippen LogP contribution in [0.2, 0.25) is 0 Å². The van der Waals surface area contributed by atoms with Crippen LogP contribution in [0.5, 0.6) is 17.2 Å². The molecule has 4 atom stereocenters. The second kappa shape index (κ2) is 33.6. The molecule has 0 bridgehead atoms. The Morgan fingerprint density at radius 3 is 1.25 bits per heavy atom. The summed E-state index contributed by atoms with van der Waals surface area (Å²) in [5, 5.41) is 30.1. The maximum Gasteiger partial charge on any atom is 0.255 e. The fourth-order valence-electron chi connectivity index (χ4n) is 8.26. The molecule has 0 spiro atoms. The highest BCUT2D eigenvalue weighted by molar-refractivity contribution is 7.98. The van der Waals surface area contributed by atoms with Gasteiger partial charge in [0, 0.05) is 27.6 Å². The number of primary amides is 1. The van der Waals surface area contributed by atoms with Gasteiger partial charge in [-0.1, -0.05) is 6.42 Å². The Hall–Kier alpha value is -7.81. The Labute approximate surface area is 469 Å². The number of rotatable bonds is 34. The van der Waals surface area contributed by atoms with Crippen LogP contribution in [0.4, 0.5) is 22.7 Å². The van der Waals surface area contributed by atoms with Gasteiger partial charge in [0.15, 0.2) is 0 Å². The molecule has 8 amide bonds. The lowest BCUT2D eigenvalue weighted by Gasteiger charge is -2.21. The average molecular weight is 1130 g/mol. The van der Waals surface area contributed by atoms with Crippen molar-refractivity contribution in [3.63, 3.8) is 0 Å². The quantitative estimate of drug-likeness (QED) is 0.0181. The van der Waals surface area contributed by atoms with Crippen molar-refractivity contribution in [2.75, 3.05) is 67.9 Å². The number of nitrogens with one attached hydrogen (secondary N) is 7. The summed E-state index contributed by atoms with van der Waals surface area (Å²) in [6, 6.07) is 13.0. The number of methoxy groups -OCH3 is 2. The summed E-state index contributed by atoms with van der Waals surface area (Å²) in [5.74, 6) is -5.51. The van der Waals surface area contributed by atoms with Gasteiger partial charge >= 0.3 is 0 Å². The number of aromatic hydroxyl groups is 1. The monoisotopic (exact) mass is 1130 g/mol. The maximum absolute atomic E-state index is 14.1. The van der Waals surface area contributed by atoms with E-state index in [-0.39, 0.29) is 70.1 Å². The molecule has 0 unspecified atom stereocenters. The second-order valence-electron chi connectivity index (χ2n) is 18.6. The third-order valence-corrected chi connectivity index (χ3v) is 13.5. The largest absolute Gasteiger partial charge is 0.507 e. The molecule has 0 aromatic heterocycles. The number of phenols is 1. The van der Waals surface area contributed by atoms with E-state index in [1.807, 2.05) is 0 Å². The van der Waals surface area contributed by atoms with Crippen LogP contribution in [-0.2, 0) is 19.2 Å². The highest BCUT2D eigenvalue weighted by atomic mass is 32.2. The van der Waals surface area contributed by atoms with Crippen molar-refractivity contribution in [2.45, 2.75) is 106 Å². The zero-order valence-electron chi connectivity index (χ0n) is 45.5. The first kappa shape index (κ1) is 64.7. The fraction of sp³-hybridized carbons (Fsp3) is 0.418. The van der Waals surface area contributed by atoms with Crippen LogP contribution in [0.3, 0.4) is 0 Å². The molecule has 0 heterocycles. The third-order valence-electron chi connectivity index (χ3n) is 12.7. The zero-order valence-corrected chi connectivity index (χ0v) is 46.3. The summed E-state index contributed by atoms with van der Waals surface area (Å²) in [6.45, 7) is 1.45. The summed E-state index contributed by atoms with van der Waals surface area (Å²) in [5.41, 5.74) is 35.1. The van der Waals surface area contributed by atoms with Crippen LogP contribution in [-0.4, -0.2) is 123 Å². The lowest BCUT2D eigenvalue weighted by atomic mass is 10.1. The first-order valence-electron chi connectivity index (χ1n) is 26.3. The normalized spacial score (nSPS) is 12.4. The van der Waals surface area contributed by atoms with Gasteiger partial charge in [-0.2, -0.15) is 0 Å². The van der Waals surface area contributed by atoms with E-state index in [9.17, 15) is 43.5 Å². The number of ether oxygens (including phenoxy) is 2. The van der Waals surface area contributed by atoms with Crippen LogP contribution < -0.4 is 81.1 Å². The molecule has 0 radical (unpaired) electrons. The minimum Gasteiger partial charge on any atom is -0.507 e. The van der Waals surface area contributed by atoms with Crippen molar-refractivity contribution in [1.82, 2.24) is 16.0 Å². The molecule has 4 aromatic rings. The third kappa shape index (κ3) is 19.8. The summed E-state index contributed by atoms with van der Waals surface area (Å²) >= 11 is 1.29. The number of carbonyl (C=O) groups excluding carboxylic acids is 8. The Morgan fingerprint density at radius 2 is 0.825 bits per heavy atom. The number of hydrogen-bond donors (Lipinski definition) is 14. The molecule has 0 saturated heterocycles. The van der Waals surface area contributed by atoms with E-state index >= 15 is 0 Å². The van der Waals surface area contributed by atoms with Crippen molar-refractivity contribution in [1.29, 1.82) is 0 Å². The van der Waals surface area contributed by atoms with Gasteiger partial charge in [-0.25, -0.2) is 0 Å². The van der Waals surface area contributed by atoms with E-state index in [2.05, 4.69) is 37.2 Å². The number of anilines is 4. The lowest BCUT2D eigenvalue weighted by Crippen LogP contribution is -2.44. The molecule has 80 heavy (non-hydrogen) atoms. The number of carbonyl (C=O) groups is 8. The highest BCUT2D eigenvalue weighted by Gasteiger charge is 2.28. The Kier molecular flexibility index (Phi) is 27.2. The molecular formula is C55H77N13O11S. The van der Waals surface area contributed by atoms with Crippen molar-refractivity contribution in [3.8, 4) is 17.2 Å². The standard InChI is InChI=1S/C55H77N13O11S/c1-78-45-21-17-33(29-37(45)48(61)70)64-54(76)42(14-6-10-26-58)67-50(72)38-30-34(18-22-46(38)79-2)65-53(75)41(13-5-9-25-57)66-49(71)36-28-32(16-20-44(36)69)63-55(77)43(15-7-11-27-59)68-51(73)39-31-35(19-23-47(39)80-3)62-52(74)40(60)12-4-8-24-56/h16-23,28-31,40-43,69H,4-15,24-27,56-60H2,1-3H3,(H2,61,70)(H,62,74)(H,63,77)(H,64,76)(H,65,75)(H,66,71)(H,67,72)(H,68,73)/t40-,41-,42-,43-/m0/s1. The number of benzene rings is 4. The Morgan fingerprint density at radius 1 is 0.475 bits per heavy atom. The smallest absolute Gasteiger partial charge is 0.255 e. The predicted octanol–water partition coefficient (Wildman–Crippen LogP) is 3.22. The van der Waals surface area contributed by atoms with Gasteiger partial charge < -0.3 is 86.2 Å². The highest BCUT2D eigenvalue weighted by Crippen LogP contribution is 2.28. The van der Waals surface area contributed by atoms with Gasteiger partial charge in [-0.05, 0) is 176 Å². The fourth-order valence-corrected chi connectivity index (χ4v) is 8.83. The number of nitrogens with two attached hydrogens (primary N) is 6. The minimum absolute atomic E-state index is 0.0307. The molecule has 25 heteroatoms. The maximum atomic E-state index is 14.1. The summed E-state index contributed by atoms with van der Waals surface area (Å²) in [7, 11) is 2.71. The minimum atomic E-state index is -1.21. The van der Waals surface area contributed by atoms with E-state index in [0.717, 1.165) is 6.42 Å². The number of thioether (sulfide) groups is 1. The van der Waals surface area contributed by atoms with Gasteiger partial charge in [0.05, 0.1) is 42.5 Å². The van der Waals surface area contributed by atoms with E-state index in [0.29, 0.717) is 88.1 Å². The van der Waals surface area contributed by atoms with Gasteiger partial charge in [-0.3, -0.25) is 38.4 Å². The molecule has 4 rings (SSSR count). The average Bonchev–Trinajstić information content (AvgIpc) is 3.47. The van der Waals surface area contributed by atoms with Crippen LogP contribution in [0.1, 0.15) is 118 Å². The first-order chi connectivity index (χ1) is 38.4. The summed E-state index contributed by atoms with van der Waals surface area (Å²) in [6.07, 6.45) is 7.01. The molecule has 24 nitrogen and oxygen atoms in total. The van der Waals surface area contributed by atoms with E-state index < -0.39 is 77.2 Å². The van der Waals surface area contributed by atoms with Gasteiger partial charge in [0.2, 0.25) is 23.6 Å². The van der Waals surface area contributed by atoms with Gasteiger partial charge in [0.25, 0.3) is 23.6 Å². The Bertz CT molecular complexity index is 2780. The molecule has 0 saturated carbocycles. The van der Waals surface area contributed by atoms with Crippen molar-refractivity contribution >= 4 is 81.8 Å². The molecule has 0 fully saturated rings. The van der Waals surface area contributed by atoms with Crippen LogP contribution in [0, 0.1) is 0 Å². The molecule has 4 aromatic carbocycles. The van der Waals surface area contributed by atoms with Crippen LogP contribution in [0.15, 0.2) is 77.7 Å². The molecule has 0 aliphatic rings. The second-order valence-corrected chi connectivity index (χ2v) is 19.5. The summed E-state index contributed by atoms with van der Waals surface area (Å²) < 4.78 is 10.7. The van der Waals surface area contributed by atoms with Crippen molar-refractivity contribution < 1.29 is 52.9 Å². The van der Waals surface area contributed by atoms with E-state index in [1.165, 1.54) is 86.6 Å². The predicted molar refractivity (Wildman–Crippen MR) is 309 cm³/mol. The SMILES string of the molecule is COc1ccc(NC(=O)[C@H](CCCCN)NC(=O)c2cc(NC(=O)[C@H](CCCCN)NC(=O)c3cc(NC(=O)[C@H](CCCCN)NC(=O)c4cc(NC(=O)[C@@H](N)CCCCN)ccc4SC)ccc3O)ccc2OC)cc1C(N)=O. The van der Waals surface area contributed by atoms with E-state index in [4.69, 9.17) is 43.9 Å². The molecule has 434 valence electrons. The van der Waals surface area contributed by atoms with Crippen LogP contribution >= 0.6 is 11.8 Å². The van der Waals surface area contributed by atoms with Crippen molar-refractivity contribution in [2.24, 2.45) is 34.4 Å². The number of amides is 8. The number of hydrogen-bond acceptors (Lipinski definition) is 17. The zero-order chi connectivity index (χ0) is 58.7. The van der Waals surface area contributed by atoms with E-state index in [1.54, 1.807) is 18.4 Å². The molecule has 0 aliphatic carbocycles. The summed E-state index contributed by atoms with van der Waals surface area (Å²) in [4.78, 5) is 109. The number of phenolic OH excluding ortho intramolecular Hbond substituents is 1. The van der Waals surface area contributed by atoms with Crippen LogP contribution in [0.25, 0.3) is 0 Å². The first-order valence-corrected chi connectivity index (χ1v) is 27.5. The lowest BCUT2D eigenvalue weighted by molar-refractivity contribution is -0.118.